The third-order valence-electron chi connectivity index (χ3n) is 3.09. The minimum absolute atomic E-state index is 0.266. The number of alkyl halides is 1. The molecule has 0 N–H and O–H groups in total. The van der Waals surface area contributed by atoms with Crippen LogP contribution in [0.5, 0.6) is 0 Å². The Bertz CT molecular complexity index is 778. The highest BCUT2D eigenvalue weighted by atomic mass is 79.9. The number of fused-ring (bicyclic) bond motifs is 1. The van der Waals surface area contributed by atoms with Gasteiger partial charge in [-0.1, -0.05) is 15.9 Å². The molecule has 2 nitrogen and oxygen atoms in total. The van der Waals surface area contributed by atoms with Gasteiger partial charge in [0.05, 0.1) is 16.9 Å². The van der Waals surface area contributed by atoms with Crippen LogP contribution in [0.15, 0.2) is 40.9 Å². The summed E-state index contributed by atoms with van der Waals surface area (Å²) in [6.07, 6.45) is 0. The van der Waals surface area contributed by atoms with Crippen LogP contribution < -0.4 is 0 Å². The zero-order valence-electron chi connectivity index (χ0n) is 10.7. The molecule has 0 aliphatic carbocycles. The first-order valence-electron chi connectivity index (χ1n) is 6.09. The SMILES string of the molecule is Cc1cc(Br)cc(-n2c(CCl)nc3ccc(F)cc32)c1. The molecule has 0 amide bonds. The summed E-state index contributed by atoms with van der Waals surface area (Å²) in [5.41, 5.74) is 3.48. The number of hydrogen-bond donors (Lipinski definition) is 0. The van der Waals surface area contributed by atoms with Crippen LogP contribution >= 0.6 is 27.5 Å². The van der Waals surface area contributed by atoms with Gasteiger partial charge in [-0.3, -0.25) is 4.57 Å². The Morgan fingerprint density at radius 3 is 2.75 bits per heavy atom. The Morgan fingerprint density at radius 2 is 2.05 bits per heavy atom. The molecule has 0 fully saturated rings. The highest BCUT2D eigenvalue weighted by molar-refractivity contribution is 9.10. The Morgan fingerprint density at radius 1 is 1.25 bits per heavy atom. The predicted octanol–water partition coefficient (Wildman–Crippen LogP) is 4.97. The fourth-order valence-corrected chi connectivity index (χ4v) is 3.10. The van der Waals surface area contributed by atoms with Gasteiger partial charge in [-0.2, -0.15) is 0 Å². The Labute approximate surface area is 129 Å². The summed E-state index contributed by atoms with van der Waals surface area (Å²) in [6, 6.07) is 10.6. The van der Waals surface area contributed by atoms with Crippen LogP contribution in [0, 0.1) is 12.7 Å². The molecule has 0 aliphatic rings. The average Bonchev–Trinajstić information content (AvgIpc) is 2.75. The van der Waals surface area contributed by atoms with E-state index in [0.717, 1.165) is 26.8 Å². The molecule has 3 rings (SSSR count). The van der Waals surface area contributed by atoms with Crippen molar-refractivity contribution in [3.05, 3.63) is 58.1 Å². The van der Waals surface area contributed by atoms with Gasteiger partial charge in [-0.25, -0.2) is 9.37 Å². The molecule has 1 aromatic heterocycles. The summed E-state index contributed by atoms with van der Waals surface area (Å²) < 4.78 is 16.4. The van der Waals surface area contributed by atoms with Crippen molar-refractivity contribution in [3.8, 4) is 5.69 Å². The summed E-state index contributed by atoms with van der Waals surface area (Å²) in [4.78, 5) is 4.46. The average molecular weight is 354 g/mol. The van der Waals surface area contributed by atoms with E-state index in [1.165, 1.54) is 12.1 Å². The molecule has 0 unspecified atom stereocenters. The lowest BCUT2D eigenvalue weighted by Crippen LogP contribution is -2.00. The highest BCUT2D eigenvalue weighted by Gasteiger charge is 2.13. The van der Waals surface area contributed by atoms with Crippen LogP contribution in [0.3, 0.4) is 0 Å². The number of hydrogen-bond acceptors (Lipinski definition) is 1. The van der Waals surface area contributed by atoms with E-state index in [4.69, 9.17) is 11.6 Å². The van der Waals surface area contributed by atoms with Crippen LogP contribution in [-0.4, -0.2) is 9.55 Å². The second-order valence-corrected chi connectivity index (χ2v) is 5.80. The highest BCUT2D eigenvalue weighted by Crippen LogP contribution is 2.26. The number of imidazole rings is 1. The molecule has 0 spiro atoms. The van der Waals surface area contributed by atoms with Crippen molar-refractivity contribution in [3.63, 3.8) is 0 Å². The van der Waals surface area contributed by atoms with Crippen molar-refractivity contribution in [2.75, 3.05) is 0 Å². The number of rotatable bonds is 2. The summed E-state index contributed by atoms with van der Waals surface area (Å²) >= 11 is 9.47. The van der Waals surface area contributed by atoms with Gasteiger partial charge in [0, 0.05) is 16.2 Å². The van der Waals surface area contributed by atoms with Crippen LogP contribution in [-0.2, 0) is 5.88 Å². The maximum absolute atomic E-state index is 13.5. The van der Waals surface area contributed by atoms with E-state index in [1.54, 1.807) is 6.07 Å². The molecule has 0 saturated heterocycles. The standard InChI is InChI=1S/C15H11BrClFN2/c1-9-4-10(16)6-12(5-9)20-14-7-11(18)2-3-13(14)19-15(20)8-17/h2-7H,8H2,1H3. The molecule has 5 heteroatoms. The van der Waals surface area contributed by atoms with E-state index in [1.807, 2.05) is 29.7 Å². The van der Waals surface area contributed by atoms with Gasteiger partial charge >= 0.3 is 0 Å². The molecule has 0 saturated carbocycles. The number of nitrogens with zero attached hydrogens (tertiary/aromatic N) is 2. The fraction of sp³-hybridized carbons (Fsp3) is 0.133. The van der Waals surface area contributed by atoms with Crippen molar-refractivity contribution in [2.45, 2.75) is 12.8 Å². The van der Waals surface area contributed by atoms with Gasteiger partial charge in [-0.05, 0) is 42.8 Å². The first-order valence-corrected chi connectivity index (χ1v) is 7.41. The second-order valence-electron chi connectivity index (χ2n) is 4.62. The van der Waals surface area contributed by atoms with Crippen LogP contribution in [0.4, 0.5) is 4.39 Å². The largest absolute Gasteiger partial charge is 0.295 e. The van der Waals surface area contributed by atoms with Gasteiger partial charge < -0.3 is 0 Å². The monoisotopic (exact) mass is 352 g/mol. The third-order valence-corrected chi connectivity index (χ3v) is 3.79. The minimum Gasteiger partial charge on any atom is -0.295 e. The first-order chi connectivity index (χ1) is 9.58. The van der Waals surface area contributed by atoms with Crippen molar-refractivity contribution < 1.29 is 4.39 Å². The lowest BCUT2D eigenvalue weighted by Gasteiger charge is -2.09. The normalized spacial score (nSPS) is 11.2. The smallest absolute Gasteiger partial charge is 0.129 e. The van der Waals surface area contributed by atoms with Gasteiger partial charge in [-0.15, -0.1) is 11.6 Å². The predicted molar refractivity (Wildman–Crippen MR) is 83.0 cm³/mol. The van der Waals surface area contributed by atoms with Crippen molar-refractivity contribution in [2.24, 2.45) is 0 Å². The molecule has 0 bridgehead atoms. The zero-order chi connectivity index (χ0) is 14.3. The van der Waals surface area contributed by atoms with E-state index in [2.05, 4.69) is 20.9 Å². The molecular weight excluding hydrogens is 343 g/mol. The maximum atomic E-state index is 13.5. The molecular formula is C15H11BrClFN2. The number of aromatic nitrogens is 2. The summed E-state index contributed by atoms with van der Waals surface area (Å²) in [5.74, 6) is 0.679. The van der Waals surface area contributed by atoms with Crippen LogP contribution in [0.2, 0.25) is 0 Å². The van der Waals surface area contributed by atoms with Gasteiger partial charge in [0.25, 0.3) is 0 Å². The number of aryl methyl sites for hydroxylation is 1. The van der Waals surface area contributed by atoms with Crippen LogP contribution in [0.25, 0.3) is 16.7 Å². The Balaban J connectivity index is 2.35. The van der Waals surface area contributed by atoms with Crippen molar-refractivity contribution in [1.82, 2.24) is 9.55 Å². The second kappa shape index (κ2) is 5.19. The zero-order valence-corrected chi connectivity index (χ0v) is 13.0. The Kier molecular flexibility index (Phi) is 3.52. The van der Waals surface area contributed by atoms with Gasteiger partial charge in [0.1, 0.15) is 11.6 Å². The molecule has 3 aromatic rings. The molecule has 20 heavy (non-hydrogen) atoms. The van der Waals surface area contributed by atoms with E-state index in [-0.39, 0.29) is 11.7 Å². The first kappa shape index (κ1) is 13.6. The molecule has 102 valence electrons. The van der Waals surface area contributed by atoms with E-state index in [9.17, 15) is 4.39 Å². The molecule has 1 heterocycles. The van der Waals surface area contributed by atoms with Crippen molar-refractivity contribution in [1.29, 1.82) is 0 Å². The fourth-order valence-electron chi connectivity index (χ4n) is 2.32. The quantitative estimate of drug-likeness (QED) is 0.594. The topological polar surface area (TPSA) is 17.8 Å². The summed E-state index contributed by atoms with van der Waals surface area (Å²) in [5, 5.41) is 0. The molecule has 0 aliphatic heterocycles. The van der Waals surface area contributed by atoms with E-state index in [0.29, 0.717) is 5.82 Å². The Hall–Kier alpha value is -1.39. The lowest BCUT2D eigenvalue weighted by molar-refractivity contribution is 0.629. The summed E-state index contributed by atoms with van der Waals surface area (Å²) in [6.45, 7) is 2.01. The molecule has 2 aromatic carbocycles. The maximum Gasteiger partial charge on any atom is 0.129 e. The number of benzene rings is 2. The third kappa shape index (κ3) is 2.34. The van der Waals surface area contributed by atoms with Crippen molar-refractivity contribution >= 4 is 38.6 Å². The lowest BCUT2D eigenvalue weighted by atomic mass is 10.2. The van der Waals surface area contributed by atoms with E-state index >= 15 is 0 Å². The van der Waals surface area contributed by atoms with Crippen LogP contribution in [0.1, 0.15) is 11.4 Å². The minimum atomic E-state index is -0.286. The number of halogens is 3. The van der Waals surface area contributed by atoms with E-state index < -0.39 is 0 Å². The molecule has 0 atom stereocenters. The van der Waals surface area contributed by atoms with Gasteiger partial charge in [0.15, 0.2) is 0 Å². The molecule has 0 radical (unpaired) electrons. The summed E-state index contributed by atoms with van der Waals surface area (Å²) in [7, 11) is 0. The van der Waals surface area contributed by atoms with Gasteiger partial charge in [0.2, 0.25) is 0 Å².